The van der Waals surface area contributed by atoms with Crippen molar-refractivity contribution >= 4 is 35.1 Å². The molecule has 0 aliphatic heterocycles. The van der Waals surface area contributed by atoms with E-state index in [9.17, 15) is 9.59 Å². The Hall–Kier alpha value is -1.98. The summed E-state index contributed by atoms with van der Waals surface area (Å²) in [5.74, 6) is -0.528. The average molecular weight is 370 g/mol. The van der Waals surface area contributed by atoms with E-state index in [2.05, 4.69) is 0 Å². The third kappa shape index (κ3) is 4.52. The van der Waals surface area contributed by atoms with Gasteiger partial charge in [0, 0.05) is 12.1 Å². The second kappa shape index (κ2) is 8.22. The molecule has 2 aromatic rings. The van der Waals surface area contributed by atoms with Gasteiger partial charge in [0.2, 0.25) is 0 Å². The number of methoxy groups -OCH3 is 1. The summed E-state index contributed by atoms with van der Waals surface area (Å²) in [6.45, 7) is 2.11. The summed E-state index contributed by atoms with van der Waals surface area (Å²) in [5, 5.41) is 0.662. The number of carbonyl (C=O) groups is 2. The molecule has 5 nitrogen and oxygen atoms in total. The predicted octanol–water partition coefficient (Wildman–Crippen LogP) is 4.04. The molecule has 1 aromatic carbocycles. The van der Waals surface area contributed by atoms with E-state index in [0.29, 0.717) is 21.4 Å². The van der Waals surface area contributed by atoms with Crippen molar-refractivity contribution in [2.45, 2.75) is 13.5 Å². The van der Waals surface area contributed by atoms with Gasteiger partial charge < -0.3 is 14.1 Å². The first kappa shape index (κ1) is 18.4. The third-order valence-corrected chi connectivity index (χ3v) is 4.22. The van der Waals surface area contributed by atoms with E-state index in [1.165, 1.54) is 24.3 Å². The maximum Gasteiger partial charge on any atom is 0.310 e. The van der Waals surface area contributed by atoms with Crippen molar-refractivity contribution < 1.29 is 18.7 Å². The number of esters is 1. The van der Waals surface area contributed by atoms with Crippen molar-refractivity contribution in [3.05, 3.63) is 58.0 Å². The Morgan fingerprint density at radius 2 is 2.00 bits per heavy atom. The molecule has 0 bridgehead atoms. The monoisotopic (exact) mass is 369 g/mol. The van der Waals surface area contributed by atoms with Gasteiger partial charge in [0.1, 0.15) is 5.76 Å². The molecule has 1 unspecified atom stereocenters. The van der Waals surface area contributed by atoms with E-state index < -0.39 is 5.92 Å². The lowest BCUT2D eigenvalue weighted by Gasteiger charge is -2.24. The lowest BCUT2D eigenvalue weighted by Crippen LogP contribution is -2.36. The zero-order valence-corrected chi connectivity index (χ0v) is 14.8. The van der Waals surface area contributed by atoms with Crippen LogP contribution >= 0.6 is 23.2 Å². The van der Waals surface area contributed by atoms with Crippen LogP contribution in [0.5, 0.6) is 0 Å². The van der Waals surface area contributed by atoms with Crippen LogP contribution in [-0.2, 0) is 16.1 Å². The Morgan fingerprint density at radius 1 is 1.25 bits per heavy atom. The van der Waals surface area contributed by atoms with Crippen LogP contribution in [0, 0.1) is 5.92 Å². The van der Waals surface area contributed by atoms with Gasteiger partial charge in [-0.05, 0) is 30.3 Å². The molecule has 128 valence electrons. The number of benzene rings is 1. The Bertz CT molecular complexity index is 715. The maximum atomic E-state index is 12.8. The van der Waals surface area contributed by atoms with Crippen LogP contribution in [0.4, 0.5) is 0 Å². The molecule has 0 aliphatic carbocycles. The normalized spacial score (nSPS) is 11.8. The van der Waals surface area contributed by atoms with E-state index in [1.807, 2.05) is 0 Å². The molecule has 0 radical (unpaired) electrons. The summed E-state index contributed by atoms with van der Waals surface area (Å²) in [4.78, 5) is 26.0. The van der Waals surface area contributed by atoms with Gasteiger partial charge in [-0.25, -0.2) is 0 Å². The fourth-order valence-corrected chi connectivity index (χ4v) is 2.53. The Balaban J connectivity index is 2.24. The first-order valence-corrected chi connectivity index (χ1v) is 8.02. The van der Waals surface area contributed by atoms with Gasteiger partial charge in [-0.15, -0.1) is 0 Å². The van der Waals surface area contributed by atoms with Crippen molar-refractivity contribution in [1.29, 1.82) is 0 Å². The number of hydrogen-bond donors (Lipinski definition) is 0. The minimum Gasteiger partial charge on any atom is -0.469 e. The van der Waals surface area contributed by atoms with Crippen LogP contribution in [0.1, 0.15) is 23.0 Å². The van der Waals surface area contributed by atoms with Gasteiger partial charge in [-0.1, -0.05) is 30.1 Å². The number of hydrogen-bond acceptors (Lipinski definition) is 4. The van der Waals surface area contributed by atoms with Gasteiger partial charge in [0.25, 0.3) is 5.91 Å². The van der Waals surface area contributed by atoms with Crippen LogP contribution in [0.3, 0.4) is 0 Å². The Morgan fingerprint density at radius 3 is 2.58 bits per heavy atom. The molecular weight excluding hydrogens is 353 g/mol. The number of amides is 1. The molecule has 1 heterocycles. The summed E-state index contributed by atoms with van der Waals surface area (Å²) in [6, 6.07) is 8.16. The fraction of sp³-hybridized carbons (Fsp3) is 0.294. The Labute approximate surface area is 150 Å². The molecule has 0 N–H and O–H groups in total. The van der Waals surface area contributed by atoms with Gasteiger partial charge in [-0.2, -0.15) is 0 Å². The highest BCUT2D eigenvalue weighted by molar-refractivity contribution is 6.42. The summed E-state index contributed by atoms with van der Waals surface area (Å²) in [6.07, 6.45) is 1.53. The van der Waals surface area contributed by atoms with Crippen LogP contribution in [0.25, 0.3) is 0 Å². The molecular formula is C17H17Cl2NO4. The second-order valence-corrected chi connectivity index (χ2v) is 6.13. The molecule has 24 heavy (non-hydrogen) atoms. The number of rotatable bonds is 6. The summed E-state index contributed by atoms with van der Waals surface area (Å²) in [5.41, 5.74) is 0.382. The van der Waals surface area contributed by atoms with Gasteiger partial charge in [-0.3, -0.25) is 9.59 Å². The van der Waals surface area contributed by atoms with Gasteiger partial charge in [0.05, 0.1) is 35.9 Å². The molecule has 7 heteroatoms. The zero-order chi connectivity index (χ0) is 17.7. The number of carbonyl (C=O) groups excluding carboxylic acids is 2. The number of halogens is 2. The van der Waals surface area contributed by atoms with Crippen molar-refractivity contribution in [1.82, 2.24) is 4.90 Å². The standard InChI is InChI=1S/C17H17Cl2NO4/c1-11(17(22)23-2)9-20(10-13-4-3-7-24-13)16(21)12-5-6-14(18)15(19)8-12/h3-8,11H,9-10H2,1-2H3. The van der Waals surface area contributed by atoms with E-state index in [4.69, 9.17) is 32.4 Å². The summed E-state index contributed by atoms with van der Waals surface area (Å²) < 4.78 is 10.0. The predicted molar refractivity (Wildman–Crippen MR) is 91.1 cm³/mol. The highest BCUT2D eigenvalue weighted by Gasteiger charge is 2.24. The topological polar surface area (TPSA) is 59.8 Å². The molecule has 1 aromatic heterocycles. The molecule has 0 spiro atoms. The molecule has 0 fully saturated rings. The van der Waals surface area contributed by atoms with Crippen molar-refractivity contribution in [3.63, 3.8) is 0 Å². The minimum absolute atomic E-state index is 0.187. The van der Waals surface area contributed by atoms with Gasteiger partial charge in [0.15, 0.2) is 0 Å². The number of nitrogens with zero attached hydrogens (tertiary/aromatic N) is 1. The molecule has 0 saturated heterocycles. The van der Waals surface area contributed by atoms with Crippen LogP contribution in [0.2, 0.25) is 10.0 Å². The van der Waals surface area contributed by atoms with Crippen molar-refractivity contribution in [3.8, 4) is 0 Å². The van der Waals surface area contributed by atoms with Crippen LogP contribution < -0.4 is 0 Å². The quantitative estimate of drug-likeness (QED) is 0.721. The SMILES string of the molecule is COC(=O)C(C)CN(Cc1ccco1)C(=O)c1ccc(Cl)c(Cl)c1. The highest BCUT2D eigenvalue weighted by Crippen LogP contribution is 2.24. The molecule has 1 amide bonds. The first-order valence-electron chi connectivity index (χ1n) is 7.27. The number of furan rings is 1. The highest BCUT2D eigenvalue weighted by atomic mass is 35.5. The average Bonchev–Trinajstić information content (AvgIpc) is 3.08. The maximum absolute atomic E-state index is 12.8. The summed E-state index contributed by atoms with van der Waals surface area (Å²) in [7, 11) is 1.32. The number of ether oxygens (including phenoxy) is 1. The summed E-state index contributed by atoms with van der Waals surface area (Å²) >= 11 is 11.9. The van der Waals surface area contributed by atoms with Crippen LogP contribution in [0.15, 0.2) is 41.0 Å². The lowest BCUT2D eigenvalue weighted by atomic mass is 10.1. The Kier molecular flexibility index (Phi) is 6.29. The molecule has 2 rings (SSSR count). The molecule has 0 saturated carbocycles. The zero-order valence-electron chi connectivity index (χ0n) is 13.3. The van der Waals surface area contributed by atoms with Gasteiger partial charge >= 0.3 is 5.97 Å². The minimum atomic E-state index is -0.475. The lowest BCUT2D eigenvalue weighted by molar-refractivity contribution is -0.145. The smallest absolute Gasteiger partial charge is 0.310 e. The van der Waals surface area contributed by atoms with E-state index in [-0.39, 0.29) is 25.0 Å². The van der Waals surface area contributed by atoms with E-state index in [0.717, 1.165) is 0 Å². The van der Waals surface area contributed by atoms with E-state index >= 15 is 0 Å². The largest absolute Gasteiger partial charge is 0.469 e. The van der Waals surface area contributed by atoms with Crippen LogP contribution in [-0.4, -0.2) is 30.4 Å². The molecule has 0 aliphatic rings. The molecule has 1 atom stereocenters. The van der Waals surface area contributed by atoms with E-state index in [1.54, 1.807) is 31.2 Å². The fourth-order valence-electron chi connectivity index (χ4n) is 2.23. The third-order valence-electron chi connectivity index (χ3n) is 3.48. The van der Waals surface area contributed by atoms with Crippen molar-refractivity contribution in [2.24, 2.45) is 5.92 Å². The second-order valence-electron chi connectivity index (χ2n) is 5.32. The first-order chi connectivity index (χ1) is 11.4. The van der Waals surface area contributed by atoms with Crippen molar-refractivity contribution in [2.75, 3.05) is 13.7 Å².